The third kappa shape index (κ3) is 5.77. The van der Waals surface area contributed by atoms with Gasteiger partial charge in [-0.15, -0.1) is 12.4 Å². The molecular weight excluding hydrogens is 427 g/mol. The molecule has 170 valence electrons. The number of amides is 1. The standard InChI is InChI=1S/C19H26F3N3O4.ClH/c1-18(2,12-29-4)25(17(28)19(20,21)22)15-11-13(5-6-14(15)16(26)27)24-9-7-23(3)8-10-24;/h5-6,11H,7-10,12H2,1-4H3,(H,26,27);1H. The highest BCUT2D eigenvalue weighted by molar-refractivity contribution is 6.05. The molecule has 1 aromatic rings. The predicted octanol–water partition coefficient (Wildman–Crippen LogP) is 2.88. The molecule has 0 aromatic heterocycles. The monoisotopic (exact) mass is 453 g/mol. The van der Waals surface area contributed by atoms with Gasteiger partial charge < -0.3 is 19.6 Å². The summed E-state index contributed by atoms with van der Waals surface area (Å²) in [7, 11) is 3.27. The largest absolute Gasteiger partial charge is 0.478 e. The lowest BCUT2D eigenvalue weighted by Crippen LogP contribution is -2.56. The molecule has 1 amide bonds. The molecule has 2 rings (SSSR count). The van der Waals surface area contributed by atoms with Gasteiger partial charge in [-0.2, -0.15) is 13.2 Å². The van der Waals surface area contributed by atoms with Crippen molar-refractivity contribution in [2.75, 3.05) is 56.7 Å². The second kappa shape index (κ2) is 9.84. The third-order valence-corrected chi connectivity index (χ3v) is 4.87. The molecule has 1 aliphatic rings. The lowest BCUT2D eigenvalue weighted by atomic mass is 9.99. The maximum atomic E-state index is 13.4. The number of nitrogens with zero attached hydrogens (tertiary/aromatic N) is 3. The van der Waals surface area contributed by atoms with Gasteiger partial charge in [0.05, 0.1) is 23.4 Å². The molecule has 0 aliphatic carbocycles. The van der Waals surface area contributed by atoms with Gasteiger partial charge in [-0.1, -0.05) is 0 Å². The number of carbonyl (C=O) groups is 2. The number of methoxy groups -OCH3 is 1. The van der Waals surface area contributed by atoms with Crippen LogP contribution in [0.2, 0.25) is 0 Å². The van der Waals surface area contributed by atoms with Crippen LogP contribution < -0.4 is 9.80 Å². The number of anilines is 2. The van der Waals surface area contributed by atoms with Crippen LogP contribution in [0, 0.1) is 0 Å². The second-order valence-corrected chi connectivity index (χ2v) is 7.68. The summed E-state index contributed by atoms with van der Waals surface area (Å²) in [6, 6.07) is 4.14. The van der Waals surface area contributed by atoms with Crippen molar-refractivity contribution in [3.8, 4) is 0 Å². The maximum Gasteiger partial charge on any atom is 0.471 e. The highest BCUT2D eigenvalue weighted by Gasteiger charge is 2.48. The van der Waals surface area contributed by atoms with E-state index in [2.05, 4.69) is 4.90 Å². The number of halogens is 4. The third-order valence-electron chi connectivity index (χ3n) is 4.87. The molecule has 0 spiro atoms. The minimum atomic E-state index is -5.18. The molecule has 1 N–H and O–H groups in total. The summed E-state index contributed by atoms with van der Waals surface area (Å²) < 4.78 is 45.2. The van der Waals surface area contributed by atoms with E-state index in [-0.39, 0.29) is 30.3 Å². The van der Waals surface area contributed by atoms with Crippen LogP contribution in [0.25, 0.3) is 0 Å². The Bertz CT molecular complexity index is 766. The molecule has 1 saturated heterocycles. The molecule has 0 radical (unpaired) electrons. The summed E-state index contributed by atoms with van der Waals surface area (Å²) in [5.41, 5.74) is -1.57. The molecule has 0 bridgehead atoms. The number of benzene rings is 1. The number of carboxylic acids is 1. The van der Waals surface area contributed by atoms with Gasteiger partial charge in [0, 0.05) is 39.0 Å². The van der Waals surface area contributed by atoms with Crippen LogP contribution in [0.15, 0.2) is 18.2 Å². The van der Waals surface area contributed by atoms with Crippen molar-refractivity contribution in [2.45, 2.75) is 25.6 Å². The Labute approximate surface area is 179 Å². The van der Waals surface area contributed by atoms with Crippen LogP contribution in [0.5, 0.6) is 0 Å². The molecular formula is C19H27ClF3N3O4. The quantitative estimate of drug-likeness (QED) is 0.714. The molecule has 7 nitrogen and oxygen atoms in total. The second-order valence-electron chi connectivity index (χ2n) is 7.68. The van der Waals surface area contributed by atoms with Crippen molar-refractivity contribution in [3.05, 3.63) is 23.8 Å². The summed E-state index contributed by atoms with van der Waals surface area (Å²) in [5.74, 6) is -3.56. The highest BCUT2D eigenvalue weighted by atomic mass is 35.5. The number of aromatic carboxylic acids is 1. The molecule has 11 heteroatoms. The molecule has 1 fully saturated rings. The van der Waals surface area contributed by atoms with Crippen LogP contribution in [-0.2, 0) is 9.53 Å². The van der Waals surface area contributed by atoms with Gasteiger partial charge in [-0.3, -0.25) is 9.69 Å². The van der Waals surface area contributed by atoms with Crippen LogP contribution >= 0.6 is 12.4 Å². The number of likely N-dealkylation sites (N-methyl/N-ethyl adjacent to an activating group) is 1. The normalized spacial score (nSPS) is 15.5. The molecule has 0 unspecified atom stereocenters. The average Bonchev–Trinajstić information content (AvgIpc) is 2.61. The molecule has 1 aliphatic heterocycles. The van der Waals surface area contributed by atoms with Gasteiger partial charge in [-0.25, -0.2) is 4.79 Å². The molecule has 0 saturated carbocycles. The van der Waals surface area contributed by atoms with Gasteiger partial charge >= 0.3 is 18.1 Å². The van der Waals surface area contributed by atoms with Crippen molar-refractivity contribution in [1.29, 1.82) is 0 Å². The van der Waals surface area contributed by atoms with Crippen molar-refractivity contribution >= 4 is 35.7 Å². The van der Waals surface area contributed by atoms with Gasteiger partial charge in [0.15, 0.2) is 0 Å². The van der Waals surface area contributed by atoms with Crippen LogP contribution in [-0.4, -0.2) is 80.5 Å². The fourth-order valence-corrected chi connectivity index (χ4v) is 3.40. The van der Waals surface area contributed by atoms with Crippen molar-refractivity contribution in [3.63, 3.8) is 0 Å². The van der Waals surface area contributed by atoms with E-state index >= 15 is 0 Å². The Kier molecular flexibility index (Phi) is 8.53. The minimum Gasteiger partial charge on any atom is -0.478 e. The van der Waals surface area contributed by atoms with Gasteiger partial charge in [0.2, 0.25) is 0 Å². The number of carbonyl (C=O) groups excluding carboxylic acids is 1. The van der Waals surface area contributed by atoms with Crippen LogP contribution in [0.1, 0.15) is 24.2 Å². The van der Waals surface area contributed by atoms with Gasteiger partial charge in [0.25, 0.3) is 0 Å². The Morgan fingerprint density at radius 1 is 1.17 bits per heavy atom. The SMILES string of the molecule is COCC(C)(C)N(C(=O)C(F)(F)F)c1cc(N2CCN(C)CC2)ccc1C(=O)O.Cl. The predicted molar refractivity (Wildman–Crippen MR) is 110 cm³/mol. The fourth-order valence-electron chi connectivity index (χ4n) is 3.40. The number of ether oxygens (including phenoxy) is 1. The zero-order chi connectivity index (χ0) is 22.0. The zero-order valence-corrected chi connectivity index (χ0v) is 18.1. The Morgan fingerprint density at radius 2 is 1.73 bits per heavy atom. The summed E-state index contributed by atoms with van der Waals surface area (Å²) in [5, 5.41) is 9.56. The summed E-state index contributed by atoms with van der Waals surface area (Å²) in [4.78, 5) is 28.6. The number of carboxylic acid groups (broad SMARTS) is 1. The molecule has 0 atom stereocenters. The first-order chi connectivity index (χ1) is 13.4. The first-order valence-corrected chi connectivity index (χ1v) is 9.09. The zero-order valence-electron chi connectivity index (χ0n) is 17.3. The lowest BCUT2D eigenvalue weighted by molar-refractivity contribution is -0.172. The highest BCUT2D eigenvalue weighted by Crippen LogP contribution is 2.35. The summed E-state index contributed by atoms with van der Waals surface area (Å²) in [6.45, 7) is 5.37. The Morgan fingerprint density at radius 3 is 2.20 bits per heavy atom. The van der Waals surface area contributed by atoms with E-state index in [0.29, 0.717) is 23.7 Å². The van der Waals surface area contributed by atoms with E-state index in [9.17, 15) is 27.9 Å². The van der Waals surface area contributed by atoms with E-state index in [1.165, 1.54) is 33.1 Å². The van der Waals surface area contributed by atoms with E-state index in [0.717, 1.165) is 13.1 Å². The number of alkyl halides is 3. The van der Waals surface area contributed by atoms with Gasteiger partial charge in [0.1, 0.15) is 0 Å². The Balaban J connectivity index is 0.00000450. The molecule has 1 heterocycles. The van der Waals surface area contributed by atoms with Crippen molar-refractivity contribution in [1.82, 2.24) is 4.90 Å². The smallest absolute Gasteiger partial charge is 0.471 e. The van der Waals surface area contributed by atoms with Crippen molar-refractivity contribution in [2.24, 2.45) is 0 Å². The first-order valence-electron chi connectivity index (χ1n) is 9.09. The van der Waals surface area contributed by atoms with Crippen molar-refractivity contribution < 1.29 is 32.6 Å². The van der Waals surface area contributed by atoms with E-state index in [1.54, 1.807) is 6.07 Å². The number of hydrogen-bond acceptors (Lipinski definition) is 5. The number of piperazine rings is 1. The van der Waals surface area contributed by atoms with E-state index in [1.807, 2.05) is 11.9 Å². The molecule has 30 heavy (non-hydrogen) atoms. The van der Waals surface area contributed by atoms with E-state index < -0.39 is 23.6 Å². The van der Waals surface area contributed by atoms with E-state index in [4.69, 9.17) is 4.74 Å². The number of hydrogen-bond donors (Lipinski definition) is 1. The summed E-state index contributed by atoms with van der Waals surface area (Å²) in [6.07, 6.45) is -5.18. The first kappa shape index (κ1) is 26.0. The molecule has 1 aromatic carbocycles. The van der Waals surface area contributed by atoms with Crippen LogP contribution in [0.3, 0.4) is 0 Å². The van der Waals surface area contributed by atoms with Crippen LogP contribution in [0.4, 0.5) is 24.5 Å². The summed E-state index contributed by atoms with van der Waals surface area (Å²) >= 11 is 0. The minimum absolute atomic E-state index is 0. The average molecular weight is 454 g/mol. The Hall–Kier alpha value is -2.04. The number of rotatable bonds is 6. The van der Waals surface area contributed by atoms with Gasteiger partial charge in [-0.05, 0) is 39.1 Å². The fraction of sp³-hybridized carbons (Fsp3) is 0.579. The topological polar surface area (TPSA) is 73.3 Å². The lowest BCUT2D eigenvalue weighted by Gasteiger charge is -2.40. The maximum absolute atomic E-state index is 13.4.